The van der Waals surface area contributed by atoms with Gasteiger partial charge in [0.05, 0.1) is 29.3 Å². The molecule has 0 amide bonds. The number of pyridine rings is 1. The minimum atomic E-state index is -3.63. The second-order valence-corrected chi connectivity index (χ2v) is 9.14. The summed E-state index contributed by atoms with van der Waals surface area (Å²) in [4.78, 5) is 16.3. The highest BCUT2D eigenvalue weighted by molar-refractivity contribution is 7.89. The van der Waals surface area contributed by atoms with Crippen LogP contribution >= 0.6 is 0 Å². The second-order valence-electron chi connectivity index (χ2n) is 7.20. The minimum absolute atomic E-state index is 0.157. The van der Waals surface area contributed by atoms with E-state index in [1.165, 1.54) is 28.6 Å². The Morgan fingerprint density at radius 1 is 1.10 bits per heavy atom. The van der Waals surface area contributed by atoms with Gasteiger partial charge in [0.1, 0.15) is 0 Å². The number of sulfonamides is 1. The Labute approximate surface area is 171 Å². The molecule has 1 aliphatic heterocycles. The van der Waals surface area contributed by atoms with Gasteiger partial charge in [-0.15, -0.1) is 0 Å². The smallest absolute Gasteiger partial charge is 0.338 e. The lowest BCUT2D eigenvalue weighted by Gasteiger charge is -2.34. The third-order valence-electron chi connectivity index (χ3n) is 4.71. The van der Waals surface area contributed by atoms with Crippen LogP contribution in [0.4, 0.5) is 0 Å². The van der Waals surface area contributed by atoms with Crippen molar-refractivity contribution in [1.82, 2.24) is 9.29 Å². The van der Waals surface area contributed by atoms with Crippen molar-refractivity contribution in [3.05, 3.63) is 59.9 Å². The molecule has 2 heterocycles. The fourth-order valence-electron chi connectivity index (χ4n) is 3.31. The van der Waals surface area contributed by atoms with E-state index in [0.717, 1.165) is 12.0 Å². The number of morpholine rings is 1. The van der Waals surface area contributed by atoms with E-state index in [1.807, 2.05) is 26.0 Å². The number of rotatable bonds is 7. The minimum Gasteiger partial charge on any atom is -0.462 e. The number of carbonyl (C=O) groups is 1. The van der Waals surface area contributed by atoms with Crippen LogP contribution in [-0.2, 0) is 25.9 Å². The summed E-state index contributed by atoms with van der Waals surface area (Å²) in [5.74, 6) is -0.461. The van der Waals surface area contributed by atoms with Gasteiger partial charge in [0.25, 0.3) is 0 Å². The van der Waals surface area contributed by atoms with Crippen LogP contribution in [0.3, 0.4) is 0 Å². The molecule has 0 spiro atoms. The first kappa shape index (κ1) is 21.4. The zero-order chi connectivity index (χ0) is 20.9. The number of aromatic nitrogens is 1. The predicted molar refractivity (Wildman–Crippen MR) is 108 cm³/mol. The van der Waals surface area contributed by atoms with Crippen molar-refractivity contribution in [2.75, 3.05) is 19.7 Å². The van der Waals surface area contributed by atoms with E-state index in [2.05, 4.69) is 4.98 Å². The molecule has 0 radical (unpaired) electrons. The summed E-state index contributed by atoms with van der Waals surface area (Å²) in [6.07, 6.45) is 4.65. The Morgan fingerprint density at radius 3 is 2.34 bits per heavy atom. The van der Waals surface area contributed by atoms with Crippen molar-refractivity contribution in [3.63, 3.8) is 0 Å². The van der Waals surface area contributed by atoms with Crippen LogP contribution < -0.4 is 0 Å². The SMILES string of the molecule is C[C@@H]1CN(S(=O)(=O)c2ccc(C(=O)OCCCc3ccncc3)cc2)C[C@@H](C)O1. The molecule has 1 aromatic carbocycles. The monoisotopic (exact) mass is 418 g/mol. The number of aryl methyl sites for hydroxylation is 1. The zero-order valence-electron chi connectivity index (χ0n) is 16.7. The number of benzene rings is 1. The van der Waals surface area contributed by atoms with E-state index in [0.29, 0.717) is 31.7 Å². The topological polar surface area (TPSA) is 85.8 Å². The van der Waals surface area contributed by atoms with Crippen molar-refractivity contribution < 1.29 is 22.7 Å². The molecule has 0 N–H and O–H groups in total. The van der Waals surface area contributed by atoms with Gasteiger partial charge in [0.15, 0.2) is 0 Å². The molecule has 0 unspecified atom stereocenters. The molecule has 0 bridgehead atoms. The van der Waals surface area contributed by atoms with E-state index in [9.17, 15) is 13.2 Å². The number of esters is 1. The predicted octanol–water partition coefficient (Wildman–Crippen LogP) is 2.67. The molecule has 7 nitrogen and oxygen atoms in total. The Kier molecular flexibility index (Phi) is 7.00. The van der Waals surface area contributed by atoms with Gasteiger partial charge in [0.2, 0.25) is 10.0 Å². The maximum absolute atomic E-state index is 12.9. The Balaban J connectivity index is 1.55. The van der Waals surface area contributed by atoms with E-state index in [-0.39, 0.29) is 17.1 Å². The molecule has 1 aromatic heterocycles. The molecular weight excluding hydrogens is 392 g/mol. The molecule has 1 aliphatic rings. The lowest BCUT2D eigenvalue weighted by atomic mass is 10.1. The zero-order valence-corrected chi connectivity index (χ0v) is 17.5. The third-order valence-corrected chi connectivity index (χ3v) is 6.55. The van der Waals surface area contributed by atoms with Crippen molar-refractivity contribution in [2.24, 2.45) is 0 Å². The highest BCUT2D eigenvalue weighted by Gasteiger charge is 2.32. The number of nitrogens with zero attached hydrogens (tertiary/aromatic N) is 2. The standard InChI is InChI=1S/C21H26N2O5S/c1-16-14-23(15-17(2)28-16)29(25,26)20-7-5-19(6-8-20)21(24)27-13-3-4-18-9-11-22-12-10-18/h5-12,16-17H,3-4,13-15H2,1-2H3/t16-,17-/m1/s1. The first-order chi connectivity index (χ1) is 13.9. The summed E-state index contributed by atoms with van der Waals surface area (Å²) < 4.78 is 38.0. The van der Waals surface area contributed by atoms with Crippen LogP contribution in [0.25, 0.3) is 0 Å². The van der Waals surface area contributed by atoms with E-state index < -0.39 is 16.0 Å². The van der Waals surface area contributed by atoms with Crippen LogP contribution in [0.1, 0.15) is 36.2 Å². The summed E-state index contributed by atoms with van der Waals surface area (Å²) in [6, 6.07) is 9.74. The molecule has 8 heteroatoms. The molecule has 2 atom stereocenters. The molecule has 2 aromatic rings. The first-order valence-corrected chi connectivity index (χ1v) is 11.1. The van der Waals surface area contributed by atoms with Gasteiger partial charge in [-0.05, 0) is 68.7 Å². The summed E-state index contributed by atoms with van der Waals surface area (Å²) >= 11 is 0. The lowest BCUT2D eigenvalue weighted by molar-refractivity contribution is -0.0440. The molecule has 1 fully saturated rings. The van der Waals surface area contributed by atoms with E-state index >= 15 is 0 Å². The van der Waals surface area contributed by atoms with Crippen molar-refractivity contribution in [3.8, 4) is 0 Å². The number of carbonyl (C=O) groups excluding carboxylic acids is 1. The summed E-state index contributed by atoms with van der Waals surface area (Å²) in [5.41, 5.74) is 1.47. The van der Waals surface area contributed by atoms with E-state index in [4.69, 9.17) is 9.47 Å². The van der Waals surface area contributed by atoms with Crippen LogP contribution in [0, 0.1) is 0 Å². The normalized spacial score (nSPS) is 20.3. The highest BCUT2D eigenvalue weighted by atomic mass is 32.2. The summed E-state index contributed by atoms with van der Waals surface area (Å²) in [6.45, 7) is 4.63. The van der Waals surface area contributed by atoms with Gasteiger partial charge in [-0.3, -0.25) is 4.98 Å². The van der Waals surface area contributed by atoms with Crippen LogP contribution in [0.5, 0.6) is 0 Å². The van der Waals surface area contributed by atoms with E-state index in [1.54, 1.807) is 12.4 Å². The summed E-state index contributed by atoms with van der Waals surface area (Å²) in [5, 5.41) is 0. The largest absolute Gasteiger partial charge is 0.462 e. The van der Waals surface area contributed by atoms with Gasteiger partial charge >= 0.3 is 5.97 Å². The average Bonchev–Trinajstić information content (AvgIpc) is 2.71. The number of ether oxygens (including phenoxy) is 2. The quantitative estimate of drug-likeness (QED) is 0.508. The molecular formula is C21H26N2O5S. The second kappa shape index (κ2) is 9.47. The fourth-order valence-corrected chi connectivity index (χ4v) is 4.90. The van der Waals surface area contributed by atoms with Gasteiger partial charge in [-0.1, -0.05) is 0 Å². The lowest BCUT2D eigenvalue weighted by Crippen LogP contribution is -2.48. The third kappa shape index (κ3) is 5.62. The molecule has 156 valence electrons. The highest BCUT2D eigenvalue weighted by Crippen LogP contribution is 2.21. The molecule has 29 heavy (non-hydrogen) atoms. The number of hydrogen-bond donors (Lipinski definition) is 0. The molecule has 1 saturated heterocycles. The Morgan fingerprint density at radius 2 is 1.72 bits per heavy atom. The van der Waals surface area contributed by atoms with Gasteiger partial charge < -0.3 is 9.47 Å². The van der Waals surface area contributed by atoms with Crippen LogP contribution in [0.15, 0.2) is 53.7 Å². The van der Waals surface area contributed by atoms with Crippen molar-refractivity contribution in [1.29, 1.82) is 0 Å². The van der Waals surface area contributed by atoms with Crippen molar-refractivity contribution in [2.45, 2.75) is 43.8 Å². The van der Waals surface area contributed by atoms with Crippen LogP contribution in [-0.4, -0.2) is 55.6 Å². The average molecular weight is 419 g/mol. The van der Waals surface area contributed by atoms with Gasteiger partial charge in [-0.25, -0.2) is 13.2 Å². The number of hydrogen-bond acceptors (Lipinski definition) is 6. The molecule has 0 aliphatic carbocycles. The van der Waals surface area contributed by atoms with Crippen molar-refractivity contribution >= 4 is 16.0 Å². The Hall–Kier alpha value is -2.29. The Bertz CT molecular complexity index is 906. The molecule has 0 saturated carbocycles. The fraction of sp³-hybridized carbons (Fsp3) is 0.429. The first-order valence-electron chi connectivity index (χ1n) is 9.68. The maximum atomic E-state index is 12.9. The summed E-state index contributed by atoms with van der Waals surface area (Å²) in [7, 11) is -3.63. The molecule has 3 rings (SSSR count). The van der Waals surface area contributed by atoms with Gasteiger partial charge in [-0.2, -0.15) is 4.31 Å². The van der Waals surface area contributed by atoms with Gasteiger partial charge in [0, 0.05) is 25.5 Å². The van der Waals surface area contributed by atoms with Crippen LogP contribution in [0.2, 0.25) is 0 Å². The maximum Gasteiger partial charge on any atom is 0.338 e.